The lowest BCUT2D eigenvalue weighted by atomic mass is 10.1. The average Bonchev–Trinajstić information content (AvgIpc) is 2.16. The van der Waals surface area contributed by atoms with E-state index in [2.05, 4.69) is 20.9 Å². The van der Waals surface area contributed by atoms with Gasteiger partial charge in [0.25, 0.3) is 6.43 Å². The van der Waals surface area contributed by atoms with E-state index in [1.54, 1.807) is 6.07 Å². The minimum Gasteiger partial charge on any atom is -0.258 e. The van der Waals surface area contributed by atoms with Crippen LogP contribution in [0.2, 0.25) is 0 Å². The maximum absolute atomic E-state index is 12.6. The van der Waals surface area contributed by atoms with E-state index in [0.29, 0.717) is 0 Å². The van der Waals surface area contributed by atoms with Crippen molar-refractivity contribution in [1.82, 2.24) is 4.98 Å². The predicted molar refractivity (Wildman–Crippen MR) is 52.9 cm³/mol. The molecule has 0 atom stereocenters. The molecule has 5 nitrogen and oxygen atoms in total. The Bertz CT molecular complexity index is 473. The molecule has 0 N–H and O–H groups in total. The molecule has 1 rings (SSSR count). The summed E-state index contributed by atoms with van der Waals surface area (Å²) in [4.78, 5) is 13.3. The first-order valence-electron chi connectivity index (χ1n) is 3.96. The van der Waals surface area contributed by atoms with E-state index in [-0.39, 0.29) is 10.3 Å². The van der Waals surface area contributed by atoms with E-state index in [9.17, 15) is 18.9 Å². The number of nitriles is 1. The summed E-state index contributed by atoms with van der Waals surface area (Å²) < 4.78 is 25.1. The fraction of sp³-hybridized carbons (Fsp3) is 0.250. The van der Waals surface area contributed by atoms with E-state index < -0.39 is 29.0 Å². The molecule has 0 aliphatic carbocycles. The average molecular weight is 292 g/mol. The van der Waals surface area contributed by atoms with Gasteiger partial charge in [-0.25, -0.2) is 13.8 Å². The summed E-state index contributed by atoms with van der Waals surface area (Å²) in [5.41, 5.74) is -1.80. The topological polar surface area (TPSA) is 79.8 Å². The van der Waals surface area contributed by atoms with Gasteiger partial charge in [-0.05, 0) is 22.0 Å². The number of hydrogen-bond acceptors (Lipinski definition) is 4. The van der Waals surface area contributed by atoms with Crippen molar-refractivity contribution in [2.45, 2.75) is 12.8 Å². The highest BCUT2D eigenvalue weighted by Gasteiger charge is 2.27. The second-order valence-electron chi connectivity index (χ2n) is 2.72. The summed E-state index contributed by atoms with van der Waals surface area (Å²) in [6.45, 7) is 0. The Balaban J connectivity index is 3.48. The van der Waals surface area contributed by atoms with Crippen LogP contribution in [0.5, 0.6) is 0 Å². The zero-order valence-corrected chi connectivity index (χ0v) is 9.24. The summed E-state index contributed by atoms with van der Waals surface area (Å²) >= 11 is 2.86. The molecular weight excluding hydrogens is 288 g/mol. The Labute approximate surface area is 97.0 Å². The Hall–Kier alpha value is -1.62. The molecule has 16 heavy (non-hydrogen) atoms. The van der Waals surface area contributed by atoms with Gasteiger partial charge in [-0.3, -0.25) is 10.1 Å². The summed E-state index contributed by atoms with van der Waals surface area (Å²) in [5, 5.41) is 19.1. The molecular formula is C8H4BrF2N3O2. The minimum absolute atomic E-state index is 0.0404. The second-order valence-corrected chi connectivity index (χ2v) is 3.53. The molecule has 0 radical (unpaired) electrons. The van der Waals surface area contributed by atoms with Gasteiger partial charge in [0, 0.05) is 0 Å². The van der Waals surface area contributed by atoms with E-state index in [0.717, 1.165) is 6.07 Å². The maximum Gasteiger partial charge on any atom is 0.300 e. The van der Waals surface area contributed by atoms with Crippen LogP contribution in [0, 0.1) is 21.4 Å². The third-order valence-electron chi connectivity index (χ3n) is 1.73. The molecule has 0 spiro atoms. The Morgan fingerprint density at radius 3 is 2.75 bits per heavy atom. The molecule has 0 aliphatic rings. The molecule has 0 saturated carbocycles. The molecule has 8 heteroatoms. The highest BCUT2D eigenvalue weighted by atomic mass is 79.9. The first-order valence-corrected chi connectivity index (χ1v) is 4.75. The van der Waals surface area contributed by atoms with Gasteiger partial charge in [0.2, 0.25) is 0 Å². The number of nitro groups is 1. The van der Waals surface area contributed by atoms with Crippen molar-refractivity contribution in [1.29, 1.82) is 5.26 Å². The summed E-state index contributed by atoms with van der Waals surface area (Å²) in [6.07, 6.45) is -3.38. The Morgan fingerprint density at radius 2 is 2.31 bits per heavy atom. The third-order valence-corrected chi connectivity index (χ3v) is 2.13. The number of nitrogens with zero attached hydrogens (tertiary/aromatic N) is 3. The smallest absolute Gasteiger partial charge is 0.258 e. The lowest BCUT2D eigenvalue weighted by Gasteiger charge is -2.05. The lowest BCUT2D eigenvalue weighted by molar-refractivity contribution is -0.387. The van der Waals surface area contributed by atoms with Crippen LogP contribution in [-0.4, -0.2) is 9.91 Å². The summed E-state index contributed by atoms with van der Waals surface area (Å²) in [7, 11) is 0. The highest BCUT2D eigenvalue weighted by Crippen LogP contribution is 2.33. The highest BCUT2D eigenvalue weighted by molar-refractivity contribution is 9.10. The van der Waals surface area contributed by atoms with Gasteiger partial charge >= 0.3 is 5.69 Å². The molecule has 0 aliphatic heterocycles. The van der Waals surface area contributed by atoms with Gasteiger partial charge in [0.1, 0.15) is 15.9 Å². The monoisotopic (exact) mass is 291 g/mol. The minimum atomic E-state index is -2.99. The van der Waals surface area contributed by atoms with E-state index in [4.69, 9.17) is 5.26 Å². The van der Waals surface area contributed by atoms with Crippen molar-refractivity contribution < 1.29 is 13.7 Å². The zero-order valence-electron chi connectivity index (χ0n) is 7.65. The molecule has 0 unspecified atom stereocenters. The fourth-order valence-corrected chi connectivity index (χ4v) is 1.61. The molecule has 0 saturated heterocycles. The van der Waals surface area contributed by atoms with E-state index >= 15 is 0 Å². The van der Waals surface area contributed by atoms with Gasteiger partial charge in [-0.2, -0.15) is 5.26 Å². The van der Waals surface area contributed by atoms with Crippen molar-refractivity contribution >= 4 is 21.6 Å². The molecule has 1 aromatic rings. The second kappa shape index (κ2) is 4.94. The van der Waals surface area contributed by atoms with Crippen LogP contribution in [0.1, 0.15) is 17.7 Å². The first kappa shape index (κ1) is 12.4. The number of alkyl halides is 2. The first-order chi connectivity index (χ1) is 7.47. The molecule has 1 aromatic heterocycles. The SMILES string of the molecule is N#CCc1nc(Br)cc(C(F)F)c1[N+](=O)[O-]. The van der Waals surface area contributed by atoms with E-state index in [1.807, 2.05) is 0 Å². The van der Waals surface area contributed by atoms with Crippen molar-refractivity contribution in [3.63, 3.8) is 0 Å². The number of halogens is 3. The zero-order chi connectivity index (χ0) is 12.3. The number of aromatic nitrogens is 1. The fourth-order valence-electron chi connectivity index (χ4n) is 1.15. The standard InChI is InChI=1S/C8H4BrF2N3O2/c9-6-3-4(8(10)11)7(14(15)16)5(13-6)1-2-12/h3,8H,1H2. The van der Waals surface area contributed by atoms with Gasteiger partial charge in [0.05, 0.1) is 17.4 Å². The van der Waals surface area contributed by atoms with Gasteiger partial charge in [-0.1, -0.05) is 0 Å². The molecule has 0 aromatic carbocycles. The van der Waals surface area contributed by atoms with Crippen LogP contribution in [0.25, 0.3) is 0 Å². The normalized spacial score (nSPS) is 10.2. The summed E-state index contributed by atoms with van der Waals surface area (Å²) in [6, 6.07) is 2.52. The van der Waals surface area contributed by atoms with Crippen LogP contribution < -0.4 is 0 Å². The predicted octanol–water partition coefficient (Wildman–Crippen LogP) is 2.76. The van der Waals surface area contributed by atoms with Crippen molar-refractivity contribution in [2.24, 2.45) is 0 Å². The van der Waals surface area contributed by atoms with Crippen molar-refractivity contribution in [3.8, 4) is 6.07 Å². The molecule has 0 amide bonds. The van der Waals surface area contributed by atoms with Crippen molar-refractivity contribution in [3.05, 3.63) is 32.0 Å². The summed E-state index contributed by atoms with van der Waals surface area (Å²) in [5.74, 6) is 0. The van der Waals surface area contributed by atoms with Crippen LogP contribution in [0.4, 0.5) is 14.5 Å². The van der Waals surface area contributed by atoms with Gasteiger partial charge in [-0.15, -0.1) is 0 Å². The largest absolute Gasteiger partial charge is 0.300 e. The van der Waals surface area contributed by atoms with Crippen LogP contribution in [-0.2, 0) is 6.42 Å². The maximum atomic E-state index is 12.6. The molecule has 0 fully saturated rings. The number of hydrogen-bond donors (Lipinski definition) is 0. The van der Waals surface area contributed by atoms with Crippen LogP contribution in [0.3, 0.4) is 0 Å². The van der Waals surface area contributed by atoms with E-state index in [1.165, 1.54) is 0 Å². The molecule has 0 bridgehead atoms. The number of pyridine rings is 1. The van der Waals surface area contributed by atoms with Gasteiger partial charge in [0.15, 0.2) is 0 Å². The van der Waals surface area contributed by atoms with Crippen LogP contribution >= 0.6 is 15.9 Å². The third kappa shape index (κ3) is 2.49. The molecule has 1 heterocycles. The molecule has 84 valence electrons. The number of rotatable bonds is 3. The quantitative estimate of drug-likeness (QED) is 0.487. The Morgan fingerprint density at radius 1 is 1.69 bits per heavy atom. The van der Waals surface area contributed by atoms with Crippen LogP contribution in [0.15, 0.2) is 10.7 Å². The van der Waals surface area contributed by atoms with Gasteiger partial charge < -0.3 is 0 Å². The van der Waals surface area contributed by atoms with Crippen molar-refractivity contribution in [2.75, 3.05) is 0 Å². The Kier molecular flexibility index (Phi) is 3.84. The lowest BCUT2D eigenvalue weighted by Crippen LogP contribution is -2.04.